The highest BCUT2D eigenvalue weighted by Gasteiger charge is 2.56. The molecule has 35 heavy (non-hydrogen) atoms. The van der Waals surface area contributed by atoms with Crippen LogP contribution in [0.3, 0.4) is 0 Å². The second-order valence-corrected chi connectivity index (χ2v) is 8.94. The summed E-state index contributed by atoms with van der Waals surface area (Å²) in [6.45, 7) is 1.95. The minimum atomic E-state index is -1.00. The van der Waals surface area contributed by atoms with Gasteiger partial charge in [-0.2, -0.15) is 5.10 Å². The molecule has 0 spiro atoms. The Hall–Kier alpha value is -4.23. The molecule has 0 bridgehead atoms. The molecule has 8 heteroatoms. The maximum absolute atomic E-state index is 13.5. The summed E-state index contributed by atoms with van der Waals surface area (Å²) in [6, 6.07) is 24.2. The van der Waals surface area contributed by atoms with Crippen LogP contribution in [0, 0.1) is 12.8 Å². The number of hydrogen-bond acceptors (Lipinski definition) is 5. The number of amides is 2. The lowest BCUT2D eigenvalue weighted by Crippen LogP contribution is -2.33. The Bertz CT molecular complexity index is 1480. The topological polar surface area (TPSA) is 76.8 Å². The predicted molar refractivity (Wildman–Crippen MR) is 133 cm³/mol. The van der Waals surface area contributed by atoms with E-state index in [1.165, 1.54) is 4.90 Å². The summed E-state index contributed by atoms with van der Waals surface area (Å²) in [5, 5.41) is 9.61. The van der Waals surface area contributed by atoms with Crippen LogP contribution in [0.1, 0.15) is 11.1 Å². The molecule has 0 saturated carbocycles. The molecule has 6 rings (SSSR count). The SMILES string of the molecule is Cc1ccc(N2C(=O)C3ON=C(c4cn(-c5ccccc5)nc4-c4ccc(Cl)cc4)C3C2=O)cc1. The second kappa shape index (κ2) is 8.21. The fourth-order valence-corrected chi connectivity index (χ4v) is 4.57. The summed E-state index contributed by atoms with van der Waals surface area (Å²) < 4.78 is 1.73. The highest BCUT2D eigenvalue weighted by atomic mass is 35.5. The molecule has 3 aromatic carbocycles. The van der Waals surface area contributed by atoms with Crippen LogP contribution in [0.2, 0.25) is 5.02 Å². The smallest absolute Gasteiger partial charge is 0.278 e. The van der Waals surface area contributed by atoms with Crippen LogP contribution in [0.4, 0.5) is 5.69 Å². The van der Waals surface area contributed by atoms with E-state index in [-0.39, 0.29) is 5.91 Å². The Kier molecular flexibility index (Phi) is 5.00. The third-order valence-electron chi connectivity index (χ3n) is 6.23. The zero-order valence-corrected chi connectivity index (χ0v) is 19.4. The van der Waals surface area contributed by atoms with Gasteiger partial charge < -0.3 is 4.84 Å². The summed E-state index contributed by atoms with van der Waals surface area (Å²) in [4.78, 5) is 33.4. The molecule has 2 unspecified atom stereocenters. The van der Waals surface area contributed by atoms with E-state index < -0.39 is 17.9 Å². The molecule has 1 aromatic heterocycles. The Balaban J connectivity index is 1.44. The van der Waals surface area contributed by atoms with Crippen molar-refractivity contribution in [3.63, 3.8) is 0 Å². The quantitative estimate of drug-likeness (QED) is 0.392. The van der Waals surface area contributed by atoms with Crippen molar-refractivity contribution in [1.29, 1.82) is 0 Å². The van der Waals surface area contributed by atoms with Crippen molar-refractivity contribution in [3.05, 3.63) is 101 Å². The van der Waals surface area contributed by atoms with Gasteiger partial charge in [-0.25, -0.2) is 9.58 Å². The first kappa shape index (κ1) is 21.3. The molecule has 1 fully saturated rings. The van der Waals surface area contributed by atoms with Gasteiger partial charge in [-0.15, -0.1) is 0 Å². The maximum Gasteiger partial charge on any atom is 0.278 e. The van der Waals surface area contributed by atoms with Gasteiger partial charge in [0.05, 0.1) is 11.4 Å². The van der Waals surface area contributed by atoms with Gasteiger partial charge in [0.25, 0.3) is 5.91 Å². The lowest BCUT2D eigenvalue weighted by Gasteiger charge is -2.15. The van der Waals surface area contributed by atoms with Crippen molar-refractivity contribution < 1.29 is 14.4 Å². The van der Waals surface area contributed by atoms with Gasteiger partial charge in [0.15, 0.2) is 0 Å². The average molecular weight is 483 g/mol. The van der Waals surface area contributed by atoms with Crippen LogP contribution >= 0.6 is 11.6 Å². The van der Waals surface area contributed by atoms with Crippen LogP contribution in [0.5, 0.6) is 0 Å². The minimum Gasteiger partial charge on any atom is -0.381 e. The van der Waals surface area contributed by atoms with Crippen LogP contribution in [-0.2, 0) is 14.4 Å². The van der Waals surface area contributed by atoms with E-state index >= 15 is 0 Å². The lowest BCUT2D eigenvalue weighted by molar-refractivity contribution is -0.126. The fourth-order valence-electron chi connectivity index (χ4n) is 4.44. The molecule has 2 aliphatic heterocycles. The molecule has 4 aromatic rings. The normalized spacial score (nSPS) is 19.0. The molecule has 1 saturated heterocycles. The first-order valence-electron chi connectivity index (χ1n) is 11.1. The number of anilines is 1. The summed E-state index contributed by atoms with van der Waals surface area (Å²) in [5.41, 5.74) is 4.82. The van der Waals surface area contributed by atoms with Crippen molar-refractivity contribution >= 4 is 34.8 Å². The number of aryl methyl sites for hydroxylation is 1. The summed E-state index contributed by atoms with van der Waals surface area (Å²) in [5.74, 6) is -1.65. The number of rotatable bonds is 4. The lowest BCUT2D eigenvalue weighted by atomic mass is 9.93. The van der Waals surface area contributed by atoms with E-state index in [1.807, 2.05) is 67.7 Å². The molecule has 2 aliphatic rings. The van der Waals surface area contributed by atoms with E-state index in [2.05, 4.69) is 5.16 Å². The molecular weight excluding hydrogens is 464 g/mol. The Morgan fingerprint density at radius 2 is 1.57 bits per heavy atom. The molecule has 0 aliphatic carbocycles. The van der Waals surface area contributed by atoms with Crippen LogP contribution in [0.15, 0.2) is 90.2 Å². The van der Waals surface area contributed by atoms with Gasteiger partial charge >= 0.3 is 0 Å². The second-order valence-electron chi connectivity index (χ2n) is 8.51. The number of carbonyl (C=O) groups is 2. The van der Waals surface area contributed by atoms with Crippen molar-refractivity contribution in [2.45, 2.75) is 13.0 Å². The van der Waals surface area contributed by atoms with Gasteiger partial charge in [0, 0.05) is 22.3 Å². The number of carbonyl (C=O) groups excluding carboxylic acids is 2. The average Bonchev–Trinajstić information content (AvgIpc) is 3.56. The Labute approximate surface area is 206 Å². The van der Waals surface area contributed by atoms with Crippen LogP contribution in [0.25, 0.3) is 16.9 Å². The highest BCUT2D eigenvalue weighted by molar-refractivity contribution is 6.33. The van der Waals surface area contributed by atoms with Crippen molar-refractivity contribution in [2.24, 2.45) is 11.1 Å². The number of nitrogens with zero attached hydrogens (tertiary/aromatic N) is 4. The minimum absolute atomic E-state index is 0.366. The van der Waals surface area contributed by atoms with Gasteiger partial charge in [0.2, 0.25) is 12.0 Å². The molecule has 7 nitrogen and oxygen atoms in total. The number of hydrogen-bond donors (Lipinski definition) is 0. The molecule has 2 atom stereocenters. The van der Waals surface area contributed by atoms with Gasteiger partial charge in [0.1, 0.15) is 17.3 Å². The third-order valence-corrected chi connectivity index (χ3v) is 6.48. The van der Waals surface area contributed by atoms with Crippen molar-refractivity contribution in [3.8, 4) is 16.9 Å². The molecule has 2 amide bonds. The number of imide groups is 1. The van der Waals surface area contributed by atoms with E-state index in [1.54, 1.807) is 28.9 Å². The fraction of sp³-hybridized carbons (Fsp3) is 0.111. The zero-order valence-electron chi connectivity index (χ0n) is 18.6. The number of fused-ring (bicyclic) bond motifs is 1. The molecule has 172 valence electrons. The standard InChI is InChI=1S/C27H19ClN4O3/c1-16-7-13-20(14-8-16)32-26(33)22-24(30-35-25(22)27(32)34)21-15-31(19-5-3-2-4-6-19)29-23(21)17-9-11-18(28)12-10-17/h2-15,22,25H,1H3. The number of halogens is 1. The Morgan fingerprint density at radius 1 is 0.857 bits per heavy atom. The third kappa shape index (κ3) is 3.52. The number of oxime groups is 1. The molecule has 0 N–H and O–H groups in total. The Morgan fingerprint density at radius 3 is 2.29 bits per heavy atom. The van der Waals surface area contributed by atoms with E-state index in [0.29, 0.717) is 27.7 Å². The van der Waals surface area contributed by atoms with Crippen molar-refractivity contribution in [2.75, 3.05) is 4.90 Å². The molecular formula is C27H19ClN4O3. The largest absolute Gasteiger partial charge is 0.381 e. The summed E-state index contributed by atoms with van der Waals surface area (Å²) in [7, 11) is 0. The van der Waals surface area contributed by atoms with Crippen molar-refractivity contribution in [1.82, 2.24) is 9.78 Å². The summed E-state index contributed by atoms with van der Waals surface area (Å²) in [6.07, 6.45) is 0.813. The first-order chi connectivity index (χ1) is 17.0. The predicted octanol–water partition coefficient (Wildman–Crippen LogP) is 4.79. The van der Waals surface area contributed by atoms with E-state index in [0.717, 1.165) is 16.8 Å². The molecule has 0 radical (unpaired) electrons. The number of benzene rings is 3. The number of para-hydroxylation sites is 1. The summed E-state index contributed by atoms with van der Waals surface area (Å²) >= 11 is 6.10. The van der Waals surface area contributed by atoms with Gasteiger partial charge in [-0.1, -0.05) is 64.8 Å². The maximum atomic E-state index is 13.5. The highest BCUT2D eigenvalue weighted by Crippen LogP contribution is 2.37. The van der Waals surface area contributed by atoms with Gasteiger partial charge in [-0.3, -0.25) is 9.59 Å². The van der Waals surface area contributed by atoms with E-state index in [9.17, 15) is 9.59 Å². The van der Waals surface area contributed by atoms with Crippen LogP contribution < -0.4 is 4.90 Å². The first-order valence-corrected chi connectivity index (χ1v) is 11.5. The number of aromatic nitrogens is 2. The zero-order chi connectivity index (χ0) is 24.1. The van der Waals surface area contributed by atoms with Crippen LogP contribution in [-0.4, -0.2) is 33.4 Å². The molecule has 3 heterocycles. The van der Waals surface area contributed by atoms with E-state index in [4.69, 9.17) is 21.5 Å². The van der Waals surface area contributed by atoms with Gasteiger partial charge in [-0.05, 0) is 43.3 Å². The monoisotopic (exact) mass is 482 g/mol.